The second kappa shape index (κ2) is 13.3. The summed E-state index contributed by atoms with van der Waals surface area (Å²) in [5, 5.41) is 10.8. The smallest absolute Gasteiger partial charge is 0.407 e. The number of ether oxygens (including phenoxy) is 1. The van der Waals surface area contributed by atoms with Gasteiger partial charge in [-0.1, -0.05) is 48.0 Å². The number of methoxy groups -OCH3 is 1. The topological polar surface area (TPSA) is 90.4 Å². The number of thiophene rings is 1. The predicted molar refractivity (Wildman–Crippen MR) is 175 cm³/mol. The Kier molecular flexibility index (Phi) is 9.46. The Morgan fingerprint density at radius 3 is 2.14 bits per heavy atom. The molecule has 3 aromatic carbocycles. The van der Waals surface area contributed by atoms with E-state index in [1.807, 2.05) is 71.6 Å². The van der Waals surface area contributed by atoms with Gasteiger partial charge < -0.3 is 24.5 Å². The molecule has 10 heteroatoms. The van der Waals surface area contributed by atoms with Gasteiger partial charge in [0.15, 0.2) is 0 Å². The fourth-order valence-electron chi connectivity index (χ4n) is 5.89. The van der Waals surface area contributed by atoms with Crippen molar-refractivity contribution < 1.29 is 24.2 Å². The van der Waals surface area contributed by atoms with Crippen LogP contribution in [0.15, 0.2) is 66.7 Å². The van der Waals surface area contributed by atoms with E-state index in [-0.39, 0.29) is 23.9 Å². The van der Waals surface area contributed by atoms with Crippen molar-refractivity contribution in [1.82, 2.24) is 14.7 Å². The first kappa shape index (κ1) is 31.3. The standard InChI is InChI=1S/C34H36ClN3O5S/c1-36(2)32(39)22-11-9-21(10-12-22)23-13-18-28(43-4)24(19-23)20-38(26-16-14-25(15-17-26)37(3)34(41)42)33(40)31-30(35)27-7-5-6-8-29(27)44-31/h5-13,18-19,25-26H,14-17,20H2,1-4H3,(H,41,42). The highest BCUT2D eigenvalue weighted by molar-refractivity contribution is 7.21. The minimum atomic E-state index is -0.945. The maximum Gasteiger partial charge on any atom is 0.407 e. The fraction of sp³-hybridized carbons (Fsp3) is 0.324. The SMILES string of the molecule is COc1ccc(-c2ccc(C(=O)N(C)C)cc2)cc1CN(C(=O)c1sc2ccccc2c1Cl)C1CCC(N(C)C(=O)O)CC1. The number of benzene rings is 3. The molecule has 0 bridgehead atoms. The van der Waals surface area contributed by atoms with Crippen LogP contribution in [-0.2, 0) is 6.54 Å². The van der Waals surface area contributed by atoms with E-state index in [2.05, 4.69) is 0 Å². The van der Waals surface area contributed by atoms with E-state index in [9.17, 15) is 19.5 Å². The lowest BCUT2D eigenvalue weighted by Crippen LogP contribution is -2.46. The summed E-state index contributed by atoms with van der Waals surface area (Å²) in [6, 6.07) is 20.9. The molecule has 8 nitrogen and oxygen atoms in total. The lowest BCUT2D eigenvalue weighted by Gasteiger charge is -2.39. The molecule has 0 spiro atoms. The number of carboxylic acid groups (broad SMARTS) is 1. The molecule has 1 aliphatic rings. The summed E-state index contributed by atoms with van der Waals surface area (Å²) in [5.74, 6) is 0.447. The van der Waals surface area contributed by atoms with E-state index in [1.165, 1.54) is 16.2 Å². The van der Waals surface area contributed by atoms with E-state index < -0.39 is 6.09 Å². The van der Waals surface area contributed by atoms with E-state index in [1.54, 1.807) is 33.2 Å². The molecule has 0 atom stereocenters. The van der Waals surface area contributed by atoms with Crippen LogP contribution in [0.4, 0.5) is 4.79 Å². The van der Waals surface area contributed by atoms with Gasteiger partial charge in [-0.15, -0.1) is 11.3 Å². The normalized spacial score (nSPS) is 16.4. The number of carbonyl (C=O) groups excluding carboxylic acids is 2. The minimum Gasteiger partial charge on any atom is -0.496 e. The second-order valence-electron chi connectivity index (χ2n) is 11.3. The molecule has 3 amide bonds. The van der Waals surface area contributed by atoms with Crippen molar-refractivity contribution in [2.24, 2.45) is 0 Å². The second-order valence-corrected chi connectivity index (χ2v) is 12.8. The van der Waals surface area contributed by atoms with Crippen LogP contribution in [0.5, 0.6) is 5.75 Å². The Morgan fingerprint density at radius 1 is 0.886 bits per heavy atom. The zero-order valence-corrected chi connectivity index (χ0v) is 26.8. The van der Waals surface area contributed by atoms with Gasteiger partial charge >= 0.3 is 6.09 Å². The van der Waals surface area contributed by atoms with Gasteiger partial charge in [0.25, 0.3) is 11.8 Å². The quantitative estimate of drug-likeness (QED) is 0.217. The Morgan fingerprint density at radius 2 is 1.52 bits per heavy atom. The van der Waals surface area contributed by atoms with Gasteiger partial charge in [-0.3, -0.25) is 9.59 Å². The molecular formula is C34H36ClN3O5S. The van der Waals surface area contributed by atoms with Gasteiger partial charge in [0.2, 0.25) is 0 Å². The molecule has 5 rings (SSSR count). The number of hydrogen-bond donors (Lipinski definition) is 1. The molecule has 1 heterocycles. The van der Waals surface area contributed by atoms with Crippen molar-refractivity contribution in [2.75, 3.05) is 28.3 Å². The summed E-state index contributed by atoms with van der Waals surface area (Å²) in [7, 11) is 6.67. The maximum absolute atomic E-state index is 14.3. The summed E-state index contributed by atoms with van der Waals surface area (Å²) in [4.78, 5) is 43.6. The highest BCUT2D eigenvalue weighted by atomic mass is 35.5. The first-order chi connectivity index (χ1) is 21.1. The van der Waals surface area contributed by atoms with Crippen LogP contribution in [0, 0.1) is 0 Å². The van der Waals surface area contributed by atoms with Crippen LogP contribution in [0.25, 0.3) is 21.2 Å². The number of hydrogen-bond acceptors (Lipinski definition) is 5. The van der Waals surface area contributed by atoms with Crippen LogP contribution in [0.1, 0.15) is 51.3 Å². The Bertz CT molecular complexity index is 1680. The Hall–Kier alpha value is -4.08. The monoisotopic (exact) mass is 633 g/mol. The van der Waals surface area contributed by atoms with Crippen molar-refractivity contribution in [3.63, 3.8) is 0 Å². The van der Waals surface area contributed by atoms with Gasteiger partial charge in [-0.2, -0.15) is 0 Å². The summed E-state index contributed by atoms with van der Waals surface area (Å²) in [6.07, 6.45) is 1.71. The molecule has 1 aromatic heterocycles. The van der Waals surface area contributed by atoms with Crippen LogP contribution in [-0.4, -0.2) is 78.1 Å². The molecule has 1 fully saturated rings. The Labute approximate surface area is 266 Å². The number of halogens is 1. The van der Waals surface area contributed by atoms with Crippen molar-refractivity contribution in [1.29, 1.82) is 0 Å². The highest BCUT2D eigenvalue weighted by Crippen LogP contribution is 2.38. The van der Waals surface area contributed by atoms with E-state index >= 15 is 0 Å². The zero-order chi connectivity index (χ0) is 31.5. The fourth-order valence-corrected chi connectivity index (χ4v) is 7.36. The van der Waals surface area contributed by atoms with Crippen LogP contribution in [0.2, 0.25) is 5.02 Å². The van der Waals surface area contributed by atoms with E-state index in [0.717, 1.165) is 26.8 Å². The summed E-state index contributed by atoms with van der Waals surface area (Å²) in [5.41, 5.74) is 3.32. The van der Waals surface area contributed by atoms with Gasteiger partial charge in [0.05, 0.1) is 12.1 Å². The molecule has 230 valence electrons. The van der Waals surface area contributed by atoms with Gasteiger partial charge in [-0.05, 0) is 67.1 Å². The average molecular weight is 634 g/mol. The van der Waals surface area contributed by atoms with E-state index in [4.69, 9.17) is 16.3 Å². The zero-order valence-electron chi connectivity index (χ0n) is 25.2. The van der Waals surface area contributed by atoms with Crippen LogP contribution in [0.3, 0.4) is 0 Å². The third kappa shape index (κ3) is 6.39. The number of amides is 3. The minimum absolute atomic E-state index is 0.0645. The van der Waals surface area contributed by atoms with Crippen molar-refractivity contribution >= 4 is 50.9 Å². The lowest BCUT2D eigenvalue weighted by atomic mass is 9.89. The number of fused-ring (bicyclic) bond motifs is 1. The van der Waals surface area contributed by atoms with Crippen molar-refractivity contribution in [3.05, 3.63) is 87.8 Å². The molecule has 0 saturated heterocycles. The first-order valence-corrected chi connectivity index (χ1v) is 15.7. The molecule has 0 radical (unpaired) electrons. The maximum atomic E-state index is 14.3. The molecule has 0 unspecified atom stereocenters. The first-order valence-electron chi connectivity index (χ1n) is 14.5. The van der Waals surface area contributed by atoms with Gasteiger partial charge in [0.1, 0.15) is 10.6 Å². The van der Waals surface area contributed by atoms with E-state index in [0.29, 0.717) is 53.4 Å². The van der Waals surface area contributed by atoms with Crippen LogP contribution < -0.4 is 4.74 Å². The largest absolute Gasteiger partial charge is 0.496 e. The Balaban J connectivity index is 1.49. The van der Waals surface area contributed by atoms with Crippen molar-refractivity contribution in [2.45, 2.75) is 44.3 Å². The highest BCUT2D eigenvalue weighted by Gasteiger charge is 2.34. The lowest BCUT2D eigenvalue weighted by molar-refractivity contribution is 0.0555. The summed E-state index contributed by atoms with van der Waals surface area (Å²) in [6.45, 7) is 0.293. The molecular weight excluding hydrogens is 598 g/mol. The predicted octanol–water partition coefficient (Wildman–Crippen LogP) is 7.50. The molecule has 1 saturated carbocycles. The van der Waals surface area contributed by atoms with Gasteiger partial charge in [0, 0.05) is 61.0 Å². The van der Waals surface area contributed by atoms with Crippen LogP contribution >= 0.6 is 22.9 Å². The summed E-state index contributed by atoms with van der Waals surface area (Å²) >= 11 is 8.18. The number of nitrogens with zero attached hydrogens (tertiary/aromatic N) is 3. The molecule has 4 aromatic rings. The number of carbonyl (C=O) groups is 3. The average Bonchev–Trinajstić information content (AvgIpc) is 3.38. The van der Waals surface area contributed by atoms with Gasteiger partial charge in [-0.25, -0.2) is 4.79 Å². The summed E-state index contributed by atoms with van der Waals surface area (Å²) < 4.78 is 6.70. The third-order valence-corrected chi connectivity index (χ3v) is 10.1. The molecule has 0 aliphatic heterocycles. The molecule has 1 aliphatic carbocycles. The third-order valence-electron chi connectivity index (χ3n) is 8.44. The number of rotatable bonds is 8. The molecule has 1 N–H and O–H groups in total. The molecule has 44 heavy (non-hydrogen) atoms. The van der Waals surface area contributed by atoms with Crippen molar-refractivity contribution in [3.8, 4) is 16.9 Å².